The minimum atomic E-state index is -0.186. The summed E-state index contributed by atoms with van der Waals surface area (Å²) in [5.74, 6) is 0.512. The molecule has 0 atom stereocenters. The minimum absolute atomic E-state index is 0.186. The van der Waals surface area contributed by atoms with E-state index in [2.05, 4.69) is 15.5 Å². The van der Waals surface area contributed by atoms with E-state index in [0.29, 0.717) is 24.5 Å². The molecular formula is C25H23N3O3. The van der Waals surface area contributed by atoms with Crippen LogP contribution in [-0.4, -0.2) is 36.4 Å². The molecule has 1 heterocycles. The SMILES string of the molecule is COCCOc1ccc(C(=O)Nc2ccccc2C=Cc2n[nH]c3ccccc23)cc1. The number of hydrogen-bond acceptors (Lipinski definition) is 4. The van der Waals surface area contributed by atoms with Crippen molar-refractivity contribution < 1.29 is 14.3 Å². The lowest BCUT2D eigenvalue weighted by molar-refractivity contribution is 0.102. The van der Waals surface area contributed by atoms with Crippen LogP contribution in [0, 0.1) is 0 Å². The summed E-state index contributed by atoms with van der Waals surface area (Å²) >= 11 is 0. The van der Waals surface area contributed by atoms with Gasteiger partial charge in [0.15, 0.2) is 0 Å². The molecule has 0 spiro atoms. The first-order chi connectivity index (χ1) is 15.2. The zero-order valence-electron chi connectivity index (χ0n) is 17.2. The van der Waals surface area contributed by atoms with Gasteiger partial charge in [-0.15, -0.1) is 0 Å². The Balaban J connectivity index is 1.47. The van der Waals surface area contributed by atoms with Gasteiger partial charge in [-0.25, -0.2) is 0 Å². The van der Waals surface area contributed by atoms with Crippen LogP contribution in [-0.2, 0) is 4.74 Å². The van der Waals surface area contributed by atoms with Gasteiger partial charge in [0.25, 0.3) is 5.91 Å². The summed E-state index contributed by atoms with van der Waals surface area (Å²) in [6.07, 6.45) is 3.89. The van der Waals surface area contributed by atoms with E-state index in [9.17, 15) is 4.79 Å². The van der Waals surface area contributed by atoms with Gasteiger partial charge in [-0.1, -0.05) is 42.5 Å². The molecular weight excluding hydrogens is 390 g/mol. The fraction of sp³-hybridized carbons (Fsp3) is 0.120. The highest BCUT2D eigenvalue weighted by molar-refractivity contribution is 6.05. The number of rotatable bonds is 8. The predicted octanol–water partition coefficient (Wildman–Crippen LogP) is 5.01. The maximum Gasteiger partial charge on any atom is 0.255 e. The highest BCUT2D eigenvalue weighted by Gasteiger charge is 2.09. The second-order valence-corrected chi connectivity index (χ2v) is 6.89. The second kappa shape index (κ2) is 9.73. The van der Waals surface area contributed by atoms with E-state index in [-0.39, 0.29) is 5.91 Å². The summed E-state index contributed by atoms with van der Waals surface area (Å²) < 4.78 is 10.5. The van der Waals surface area contributed by atoms with Crippen LogP contribution in [0.3, 0.4) is 0 Å². The van der Waals surface area contributed by atoms with Gasteiger partial charge in [-0.2, -0.15) is 5.10 Å². The van der Waals surface area contributed by atoms with Crippen LogP contribution < -0.4 is 10.1 Å². The third-order valence-corrected chi connectivity index (χ3v) is 4.80. The quantitative estimate of drug-likeness (QED) is 0.398. The molecule has 0 unspecified atom stereocenters. The van der Waals surface area contributed by atoms with Gasteiger partial charge in [0, 0.05) is 23.7 Å². The first-order valence-electron chi connectivity index (χ1n) is 9.98. The smallest absolute Gasteiger partial charge is 0.255 e. The van der Waals surface area contributed by atoms with Crippen molar-refractivity contribution in [2.45, 2.75) is 0 Å². The summed E-state index contributed by atoms with van der Waals surface area (Å²) in [6, 6.07) is 22.7. The van der Waals surface area contributed by atoms with Gasteiger partial charge in [0.2, 0.25) is 0 Å². The number of nitrogens with one attached hydrogen (secondary N) is 2. The Labute approximate surface area is 180 Å². The van der Waals surface area contributed by atoms with E-state index >= 15 is 0 Å². The third-order valence-electron chi connectivity index (χ3n) is 4.80. The van der Waals surface area contributed by atoms with Gasteiger partial charge >= 0.3 is 0 Å². The Morgan fingerprint density at radius 2 is 1.74 bits per heavy atom. The van der Waals surface area contributed by atoms with Crippen molar-refractivity contribution in [2.24, 2.45) is 0 Å². The fourth-order valence-electron chi connectivity index (χ4n) is 3.18. The summed E-state index contributed by atoms with van der Waals surface area (Å²) in [7, 11) is 1.63. The molecule has 1 aromatic heterocycles. The zero-order chi connectivity index (χ0) is 21.5. The molecule has 0 saturated carbocycles. The van der Waals surface area contributed by atoms with Crippen LogP contribution in [0.1, 0.15) is 21.6 Å². The van der Waals surface area contributed by atoms with Crippen LogP contribution in [0.2, 0.25) is 0 Å². The lowest BCUT2D eigenvalue weighted by Gasteiger charge is -2.10. The largest absolute Gasteiger partial charge is 0.491 e. The minimum Gasteiger partial charge on any atom is -0.491 e. The number of aromatic nitrogens is 2. The van der Waals surface area contributed by atoms with Crippen LogP contribution >= 0.6 is 0 Å². The molecule has 0 aliphatic heterocycles. The first kappa shape index (κ1) is 20.4. The van der Waals surface area contributed by atoms with Crippen molar-refractivity contribution in [3.05, 3.63) is 89.6 Å². The molecule has 0 bridgehead atoms. The second-order valence-electron chi connectivity index (χ2n) is 6.89. The fourth-order valence-corrected chi connectivity index (χ4v) is 3.18. The Bertz CT molecular complexity index is 1200. The molecule has 2 N–H and O–H groups in total. The number of carbonyl (C=O) groups is 1. The Morgan fingerprint density at radius 3 is 2.58 bits per heavy atom. The molecule has 3 aromatic carbocycles. The van der Waals surface area contributed by atoms with Gasteiger partial charge < -0.3 is 14.8 Å². The predicted molar refractivity (Wildman–Crippen MR) is 123 cm³/mol. The number of fused-ring (bicyclic) bond motifs is 1. The highest BCUT2D eigenvalue weighted by atomic mass is 16.5. The molecule has 1 amide bonds. The molecule has 0 aliphatic carbocycles. The molecule has 0 aliphatic rings. The lowest BCUT2D eigenvalue weighted by atomic mass is 10.1. The summed E-state index contributed by atoms with van der Waals surface area (Å²) in [5.41, 5.74) is 4.00. The number of anilines is 1. The maximum atomic E-state index is 12.7. The van der Waals surface area contributed by atoms with Gasteiger partial charge in [0.1, 0.15) is 12.4 Å². The number of carbonyl (C=O) groups excluding carboxylic acids is 1. The number of H-pyrrole nitrogens is 1. The number of methoxy groups -OCH3 is 1. The molecule has 6 nitrogen and oxygen atoms in total. The zero-order valence-corrected chi connectivity index (χ0v) is 17.2. The van der Waals surface area contributed by atoms with Crippen LogP contribution in [0.4, 0.5) is 5.69 Å². The molecule has 156 valence electrons. The van der Waals surface area contributed by atoms with Gasteiger partial charge in [0.05, 0.1) is 17.8 Å². The van der Waals surface area contributed by atoms with Crippen LogP contribution in [0.5, 0.6) is 5.75 Å². The lowest BCUT2D eigenvalue weighted by Crippen LogP contribution is -2.12. The topological polar surface area (TPSA) is 76.2 Å². The third kappa shape index (κ3) is 4.99. The number of nitrogens with zero attached hydrogens (tertiary/aromatic N) is 1. The van der Waals surface area contributed by atoms with Gasteiger partial charge in [-0.05, 0) is 48.0 Å². The normalized spacial score (nSPS) is 11.1. The molecule has 31 heavy (non-hydrogen) atoms. The molecule has 0 fully saturated rings. The molecule has 0 radical (unpaired) electrons. The Kier molecular flexibility index (Phi) is 6.40. The molecule has 4 aromatic rings. The van der Waals surface area contributed by atoms with E-state index in [1.165, 1.54) is 0 Å². The molecule has 4 rings (SSSR count). The summed E-state index contributed by atoms with van der Waals surface area (Å²) in [4.78, 5) is 12.7. The van der Waals surface area contributed by atoms with Crippen molar-refractivity contribution in [3.8, 4) is 5.75 Å². The number of aromatic amines is 1. The summed E-state index contributed by atoms with van der Waals surface area (Å²) in [5, 5.41) is 11.4. The first-order valence-corrected chi connectivity index (χ1v) is 9.98. The number of amides is 1. The van der Waals surface area contributed by atoms with Crippen molar-refractivity contribution >= 4 is 34.6 Å². The van der Waals surface area contributed by atoms with E-state index in [1.54, 1.807) is 31.4 Å². The number of ether oxygens (including phenoxy) is 2. The standard InChI is InChI=1S/C25H23N3O3/c1-30-16-17-31-20-13-10-19(11-14-20)25(29)26-22-8-4-2-6-18(22)12-15-24-21-7-3-5-9-23(21)27-28-24/h2-15H,16-17H2,1H3,(H,26,29)(H,27,28). The number of para-hydroxylation sites is 2. The van der Waals surface area contributed by atoms with Crippen molar-refractivity contribution in [2.75, 3.05) is 25.6 Å². The Morgan fingerprint density at radius 1 is 0.968 bits per heavy atom. The average molecular weight is 413 g/mol. The van der Waals surface area contributed by atoms with E-state index in [0.717, 1.165) is 27.8 Å². The van der Waals surface area contributed by atoms with Crippen molar-refractivity contribution in [1.29, 1.82) is 0 Å². The molecule has 6 heteroatoms. The van der Waals surface area contributed by atoms with Crippen LogP contribution in [0.25, 0.3) is 23.1 Å². The van der Waals surface area contributed by atoms with Crippen molar-refractivity contribution in [1.82, 2.24) is 10.2 Å². The molecule has 0 saturated heterocycles. The number of hydrogen-bond donors (Lipinski definition) is 2. The van der Waals surface area contributed by atoms with E-state index < -0.39 is 0 Å². The summed E-state index contributed by atoms with van der Waals surface area (Å²) in [6.45, 7) is 0.980. The van der Waals surface area contributed by atoms with E-state index in [4.69, 9.17) is 9.47 Å². The highest BCUT2D eigenvalue weighted by Crippen LogP contribution is 2.22. The van der Waals surface area contributed by atoms with Crippen molar-refractivity contribution in [3.63, 3.8) is 0 Å². The Hall–Kier alpha value is -3.90. The number of benzene rings is 3. The van der Waals surface area contributed by atoms with Crippen LogP contribution in [0.15, 0.2) is 72.8 Å². The monoisotopic (exact) mass is 413 g/mol. The van der Waals surface area contributed by atoms with E-state index in [1.807, 2.05) is 60.7 Å². The maximum absolute atomic E-state index is 12.7. The van der Waals surface area contributed by atoms with Gasteiger partial charge in [-0.3, -0.25) is 9.89 Å². The average Bonchev–Trinajstić information content (AvgIpc) is 3.22.